The van der Waals surface area contributed by atoms with Crippen molar-refractivity contribution in [1.29, 1.82) is 0 Å². The zero-order valence-corrected chi connectivity index (χ0v) is 12.2. The lowest BCUT2D eigenvalue weighted by Gasteiger charge is -2.21. The summed E-state index contributed by atoms with van der Waals surface area (Å²) in [5.41, 5.74) is 6.09. The van der Waals surface area contributed by atoms with E-state index in [1.807, 2.05) is 0 Å². The van der Waals surface area contributed by atoms with Gasteiger partial charge in [0.25, 0.3) is 0 Å². The number of hydrogen-bond acceptors (Lipinski definition) is 4. The van der Waals surface area contributed by atoms with Crippen molar-refractivity contribution >= 4 is 23.4 Å². The Hall–Kier alpha value is -2.24. The van der Waals surface area contributed by atoms with Crippen molar-refractivity contribution < 1.29 is 14.3 Å². The molecule has 20 heavy (non-hydrogen) atoms. The first-order valence-electron chi connectivity index (χ1n) is 6.34. The fourth-order valence-electron chi connectivity index (χ4n) is 1.40. The molecule has 1 rings (SSSR count). The maximum atomic E-state index is 11.9. The average molecular weight is 279 g/mol. The molecule has 1 atom stereocenters. The summed E-state index contributed by atoms with van der Waals surface area (Å²) in [5.74, 6) is -0.367. The van der Waals surface area contributed by atoms with Crippen molar-refractivity contribution in [3.05, 3.63) is 24.3 Å². The summed E-state index contributed by atoms with van der Waals surface area (Å²) in [6.45, 7) is 6.82. The molecule has 2 amide bonds. The number of hydrogen-bond donors (Lipinski definition) is 3. The summed E-state index contributed by atoms with van der Waals surface area (Å²) in [5, 5.41) is 5.11. The van der Waals surface area contributed by atoms with Gasteiger partial charge >= 0.3 is 6.09 Å². The minimum Gasteiger partial charge on any atom is -0.444 e. The Morgan fingerprint density at radius 3 is 2.40 bits per heavy atom. The minimum atomic E-state index is -0.732. The Morgan fingerprint density at radius 1 is 1.25 bits per heavy atom. The molecule has 0 spiro atoms. The summed E-state index contributed by atoms with van der Waals surface area (Å²) in [4.78, 5) is 23.5. The van der Waals surface area contributed by atoms with Crippen molar-refractivity contribution in [3.8, 4) is 0 Å². The molecule has 0 aliphatic heterocycles. The number of amides is 2. The normalized spacial score (nSPS) is 12.4. The standard InChI is InChI=1S/C14H21N3O3/c1-9(16-13(19)20-14(2,3)4)12(18)17-11-8-6-5-7-10(11)15/h5-9H,15H2,1-4H3,(H,16,19)(H,17,18). The van der Waals surface area contributed by atoms with E-state index in [9.17, 15) is 9.59 Å². The van der Waals surface area contributed by atoms with E-state index in [0.717, 1.165) is 0 Å². The molecular formula is C14H21N3O3. The molecule has 4 N–H and O–H groups in total. The van der Waals surface area contributed by atoms with Crippen molar-refractivity contribution in [2.45, 2.75) is 39.3 Å². The first-order valence-corrected chi connectivity index (χ1v) is 6.34. The number of benzene rings is 1. The predicted octanol–water partition coefficient (Wildman–Crippen LogP) is 2.12. The predicted molar refractivity (Wildman–Crippen MR) is 78.3 cm³/mol. The van der Waals surface area contributed by atoms with Gasteiger partial charge in [-0.3, -0.25) is 4.79 Å². The van der Waals surface area contributed by atoms with Crippen molar-refractivity contribution in [2.24, 2.45) is 0 Å². The monoisotopic (exact) mass is 279 g/mol. The van der Waals surface area contributed by atoms with Gasteiger partial charge in [0.2, 0.25) is 5.91 Å². The van der Waals surface area contributed by atoms with Crippen LogP contribution in [0, 0.1) is 0 Å². The van der Waals surface area contributed by atoms with Gasteiger partial charge in [0.15, 0.2) is 0 Å². The molecule has 0 fully saturated rings. The molecular weight excluding hydrogens is 258 g/mol. The Kier molecular flexibility index (Phi) is 4.96. The zero-order valence-electron chi connectivity index (χ0n) is 12.2. The van der Waals surface area contributed by atoms with E-state index in [4.69, 9.17) is 10.5 Å². The second-order valence-electron chi connectivity index (χ2n) is 5.44. The highest BCUT2D eigenvalue weighted by Gasteiger charge is 2.21. The first-order chi connectivity index (χ1) is 9.19. The summed E-state index contributed by atoms with van der Waals surface area (Å²) in [6, 6.07) is 6.17. The van der Waals surface area contributed by atoms with Crippen LogP contribution in [-0.4, -0.2) is 23.6 Å². The molecule has 1 unspecified atom stereocenters. The third-order valence-corrected chi connectivity index (χ3v) is 2.35. The SMILES string of the molecule is CC(NC(=O)OC(C)(C)C)C(=O)Nc1ccccc1N. The molecule has 6 heteroatoms. The zero-order chi connectivity index (χ0) is 15.3. The van der Waals surface area contributed by atoms with E-state index in [-0.39, 0.29) is 5.91 Å². The maximum Gasteiger partial charge on any atom is 0.408 e. The molecule has 0 radical (unpaired) electrons. The summed E-state index contributed by atoms with van der Waals surface area (Å²) >= 11 is 0. The van der Waals surface area contributed by atoms with Gasteiger partial charge in [-0.2, -0.15) is 0 Å². The summed E-state index contributed by atoms with van der Waals surface area (Å²) < 4.78 is 5.08. The van der Waals surface area contributed by atoms with E-state index in [1.54, 1.807) is 52.0 Å². The number of carbonyl (C=O) groups is 2. The lowest BCUT2D eigenvalue weighted by Crippen LogP contribution is -2.44. The van der Waals surface area contributed by atoms with Gasteiger partial charge in [0, 0.05) is 0 Å². The van der Waals surface area contributed by atoms with Crippen LogP contribution in [0.4, 0.5) is 16.2 Å². The van der Waals surface area contributed by atoms with Gasteiger partial charge in [0.1, 0.15) is 11.6 Å². The largest absolute Gasteiger partial charge is 0.444 e. The van der Waals surface area contributed by atoms with E-state index >= 15 is 0 Å². The van der Waals surface area contributed by atoms with Crippen LogP contribution in [0.25, 0.3) is 0 Å². The first kappa shape index (κ1) is 15.8. The summed E-state index contributed by atoms with van der Waals surface area (Å²) in [7, 11) is 0. The van der Waals surface area contributed by atoms with E-state index < -0.39 is 17.7 Å². The lowest BCUT2D eigenvalue weighted by molar-refractivity contribution is -0.117. The fraction of sp³-hybridized carbons (Fsp3) is 0.429. The molecule has 0 heterocycles. The van der Waals surface area contributed by atoms with Gasteiger partial charge in [0.05, 0.1) is 11.4 Å². The second kappa shape index (κ2) is 6.27. The van der Waals surface area contributed by atoms with Gasteiger partial charge in [-0.05, 0) is 39.8 Å². The number of anilines is 2. The Labute approximate surface area is 118 Å². The number of ether oxygens (including phenoxy) is 1. The second-order valence-corrected chi connectivity index (χ2v) is 5.44. The summed E-state index contributed by atoms with van der Waals surface area (Å²) in [6.07, 6.45) is -0.638. The van der Waals surface area contributed by atoms with Crippen molar-refractivity contribution in [3.63, 3.8) is 0 Å². The average Bonchev–Trinajstić information content (AvgIpc) is 2.29. The molecule has 6 nitrogen and oxygen atoms in total. The Bertz CT molecular complexity index is 495. The quantitative estimate of drug-likeness (QED) is 0.739. The molecule has 110 valence electrons. The molecule has 0 bridgehead atoms. The number of carbonyl (C=O) groups excluding carboxylic acids is 2. The number of rotatable bonds is 3. The highest BCUT2D eigenvalue weighted by Crippen LogP contribution is 2.16. The minimum absolute atomic E-state index is 0.367. The highest BCUT2D eigenvalue weighted by molar-refractivity contribution is 5.98. The molecule has 0 saturated carbocycles. The topological polar surface area (TPSA) is 93.4 Å². The number of alkyl carbamates (subject to hydrolysis) is 1. The third kappa shape index (κ3) is 5.17. The third-order valence-electron chi connectivity index (χ3n) is 2.35. The molecule has 0 aliphatic carbocycles. The Balaban J connectivity index is 2.56. The molecule has 0 aliphatic rings. The number of nitrogens with one attached hydrogen (secondary N) is 2. The molecule has 1 aromatic rings. The fourth-order valence-corrected chi connectivity index (χ4v) is 1.40. The van der Waals surface area contributed by atoms with Crippen LogP contribution in [0.5, 0.6) is 0 Å². The number of para-hydroxylation sites is 2. The maximum absolute atomic E-state index is 11.9. The lowest BCUT2D eigenvalue weighted by atomic mass is 10.2. The van der Waals surface area contributed by atoms with Crippen LogP contribution in [0.2, 0.25) is 0 Å². The van der Waals surface area contributed by atoms with Gasteiger partial charge in [-0.25, -0.2) is 4.79 Å². The molecule has 1 aromatic carbocycles. The molecule has 0 aromatic heterocycles. The van der Waals surface area contributed by atoms with Gasteiger partial charge in [-0.15, -0.1) is 0 Å². The van der Waals surface area contributed by atoms with E-state index in [1.165, 1.54) is 0 Å². The van der Waals surface area contributed by atoms with E-state index in [0.29, 0.717) is 11.4 Å². The smallest absolute Gasteiger partial charge is 0.408 e. The van der Waals surface area contributed by atoms with Crippen LogP contribution >= 0.6 is 0 Å². The van der Waals surface area contributed by atoms with Crippen LogP contribution in [-0.2, 0) is 9.53 Å². The molecule has 0 saturated heterocycles. The Morgan fingerprint density at radius 2 is 1.85 bits per heavy atom. The van der Waals surface area contributed by atoms with Crippen LogP contribution < -0.4 is 16.4 Å². The van der Waals surface area contributed by atoms with Crippen LogP contribution in [0.1, 0.15) is 27.7 Å². The number of nitrogens with two attached hydrogens (primary N) is 1. The van der Waals surface area contributed by atoms with Crippen LogP contribution in [0.15, 0.2) is 24.3 Å². The van der Waals surface area contributed by atoms with Gasteiger partial charge in [-0.1, -0.05) is 12.1 Å². The highest BCUT2D eigenvalue weighted by atomic mass is 16.6. The van der Waals surface area contributed by atoms with Crippen LogP contribution in [0.3, 0.4) is 0 Å². The van der Waals surface area contributed by atoms with Crippen molar-refractivity contribution in [2.75, 3.05) is 11.1 Å². The van der Waals surface area contributed by atoms with Crippen molar-refractivity contribution in [1.82, 2.24) is 5.32 Å². The van der Waals surface area contributed by atoms with E-state index in [2.05, 4.69) is 10.6 Å². The number of nitrogen functional groups attached to an aromatic ring is 1. The van der Waals surface area contributed by atoms with Gasteiger partial charge < -0.3 is 21.1 Å².